The number of nitrogens with two attached hydrogens (primary N) is 1. The van der Waals surface area contributed by atoms with Gasteiger partial charge in [-0.15, -0.1) is 0 Å². The summed E-state index contributed by atoms with van der Waals surface area (Å²) >= 11 is 0. The average molecular weight is 256 g/mol. The van der Waals surface area contributed by atoms with Crippen LogP contribution in [-0.2, 0) is 9.53 Å². The third-order valence-corrected chi connectivity index (χ3v) is 2.04. The predicted octanol–water partition coefficient (Wildman–Crippen LogP) is 0.438. The summed E-state index contributed by atoms with van der Waals surface area (Å²) in [6.07, 6.45) is 0. The van der Waals surface area contributed by atoms with E-state index < -0.39 is 17.7 Å². The lowest BCUT2D eigenvalue weighted by atomic mass is 10.1. The SMILES string of the molecule is NC(=O)COCCNc1c(F)cccc1C(=O)O. The highest BCUT2D eigenvalue weighted by Crippen LogP contribution is 2.19. The first-order chi connectivity index (χ1) is 8.52. The normalized spacial score (nSPS) is 10.1. The van der Waals surface area contributed by atoms with E-state index in [1.807, 2.05) is 0 Å². The molecule has 7 heteroatoms. The number of benzene rings is 1. The Bertz CT molecular complexity index is 451. The molecular weight excluding hydrogens is 243 g/mol. The van der Waals surface area contributed by atoms with Crippen molar-refractivity contribution in [1.82, 2.24) is 0 Å². The van der Waals surface area contributed by atoms with Crippen molar-refractivity contribution < 1.29 is 23.8 Å². The summed E-state index contributed by atoms with van der Waals surface area (Å²) in [5.41, 5.74) is 4.59. The molecule has 4 N–H and O–H groups in total. The van der Waals surface area contributed by atoms with Crippen molar-refractivity contribution in [3.8, 4) is 0 Å². The van der Waals surface area contributed by atoms with E-state index >= 15 is 0 Å². The Kier molecular flexibility index (Phi) is 5.06. The molecule has 0 aliphatic heterocycles. The molecule has 0 saturated heterocycles. The molecule has 18 heavy (non-hydrogen) atoms. The van der Waals surface area contributed by atoms with E-state index in [0.717, 1.165) is 6.07 Å². The number of hydrogen-bond donors (Lipinski definition) is 3. The van der Waals surface area contributed by atoms with Gasteiger partial charge < -0.3 is 20.9 Å². The molecule has 0 aromatic heterocycles. The van der Waals surface area contributed by atoms with Gasteiger partial charge in [-0.3, -0.25) is 4.79 Å². The molecule has 0 unspecified atom stereocenters. The molecule has 1 aromatic carbocycles. The highest BCUT2D eigenvalue weighted by molar-refractivity contribution is 5.94. The molecule has 1 rings (SSSR count). The lowest BCUT2D eigenvalue weighted by molar-refractivity contribution is -0.122. The first kappa shape index (κ1) is 13.9. The number of carbonyl (C=O) groups is 2. The fourth-order valence-electron chi connectivity index (χ4n) is 1.30. The Labute approximate surface area is 103 Å². The Morgan fingerprint density at radius 2 is 2.17 bits per heavy atom. The predicted molar refractivity (Wildman–Crippen MR) is 61.9 cm³/mol. The summed E-state index contributed by atoms with van der Waals surface area (Å²) in [4.78, 5) is 21.2. The highest BCUT2D eigenvalue weighted by atomic mass is 19.1. The van der Waals surface area contributed by atoms with Crippen LogP contribution in [0.5, 0.6) is 0 Å². The Morgan fingerprint density at radius 3 is 2.78 bits per heavy atom. The largest absolute Gasteiger partial charge is 0.478 e. The van der Waals surface area contributed by atoms with Gasteiger partial charge in [0.1, 0.15) is 12.4 Å². The number of carbonyl (C=O) groups excluding carboxylic acids is 1. The maximum Gasteiger partial charge on any atom is 0.337 e. The van der Waals surface area contributed by atoms with Gasteiger partial charge in [0.05, 0.1) is 17.9 Å². The number of aromatic carboxylic acids is 1. The second kappa shape index (κ2) is 6.55. The fraction of sp³-hybridized carbons (Fsp3) is 0.273. The quantitative estimate of drug-likeness (QED) is 0.614. The number of amides is 1. The number of carboxylic acids is 1. The molecule has 0 heterocycles. The van der Waals surface area contributed by atoms with Crippen LogP contribution >= 0.6 is 0 Å². The molecule has 98 valence electrons. The number of anilines is 1. The standard InChI is InChI=1S/C11H13FN2O4/c12-8-3-1-2-7(11(16)17)10(8)14-4-5-18-6-9(13)15/h1-3,14H,4-6H2,(H2,13,15)(H,16,17). The monoisotopic (exact) mass is 256 g/mol. The molecular formula is C11H13FN2O4. The maximum atomic E-state index is 13.4. The van der Waals surface area contributed by atoms with Gasteiger partial charge in [0.2, 0.25) is 5.91 Å². The second-order valence-corrected chi connectivity index (χ2v) is 3.41. The van der Waals surface area contributed by atoms with Crippen LogP contribution < -0.4 is 11.1 Å². The van der Waals surface area contributed by atoms with E-state index in [4.69, 9.17) is 15.6 Å². The smallest absolute Gasteiger partial charge is 0.337 e. The highest BCUT2D eigenvalue weighted by Gasteiger charge is 2.13. The van der Waals surface area contributed by atoms with E-state index in [0.29, 0.717) is 0 Å². The van der Waals surface area contributed by atoms with Crippen molar-refractivity contribution in [2.45, 2.75) is 0 Å². The van der Waals surface area contributed by atoms with Crippen LogP contribution in [0.2, 0.25) is 0 Å². The van der Waals surface area contributed by atoms with Crippen molar-refractivity contribution in [3.63, 3.8) is 0 Å². The Morgan fingerprint density at radius 1 is 1.44 bits per heavy atom. The molecule has 0 atom stereocenters. The number of ether oxygens (including phenoxy) is 1. The summed E-state index contributed by atoms with van der Waals surface area (Å²) in [7, 11) is 0. The van der Waals surface area contributed by atoms with E-state index in [1.165, 1.54) is 12.1 Å². The minimum atomic E-state index is -1.23. The summed E-state index contributed by atoms with van der Waals surface area (Å²) < 4.78 is 18.3. The molecule has 0 aliphatic carbocycles. The third kappa shape index (κ3) is 4.02. The van der Waals surface area contributed by atoms with Crippen LogP contribution in [0.15, 0.2) is 18.2 Å². The van der Waals surface area contributed by atoms with E-state index in [2.05, 4.69) is 5.32 Å². The van der Waals surface area contributed by atoms with Gasteiger partial charge in [-0.25, -0.2) is 9.18 Å². The number of para-hydroxylation sites is 1. The minimum absolute atomic E-state index is 0.104. The summed E-state index contributed by atoms with van der Waals surface area (Å²) in [6.45, 7) is 0.0373. The van der Waals surface area contributed by atoms with Gasteiger partial charge in [-0.1, -0.05) is 6.07 Å². The van der Waals surface area contributed by atoms with Crippen LogP contribution in [0.25, 0.3) is 0 Å². The Hall–Kier alpha value is -2.15. The van der Waals surface area contributed by atoms with Crippen LogP contribution in [0, 0.1) is 5.82 Å². The maximum absolute atomic E-state index is 13.4. The number of carboxylic acid groups (broad SMARTS) is 1. The van der Waals surface area contributed by atoms with Gasteiger partial charge in [-0.05, 0) is 12.1 Å². The van der Waals surface area contributed by atoms with Crippen molar-refractivity contribution in [1.29, 1.82) is 0 Å². The molecule has 6 nitrogen and oxygen atoms in total. The number of nitrogens with one attached hydrogen (secondary N) is 1. The van der Waals surface area contributed by atoms with Crippen molar-refractivity contribution in [2.75, 3.05) is 25.1 Å². The number of hydrogen-bond acceptors (Lipinski definition) is 4. The zero-order chi connectivity index (χ0) is 13.5. The second-order valence-electron chi connectivity index (χ2n) is 3.41. The number of halogens is 1. The zero-order valence-corrected chi connectivity index (χ0v) is 9.48. The molecule has 0 fully saturated rings. The van der Waals surface area contributed by atoms with Gasteiger partial charge in [0.25, 0.3) is 0 Å². The van der Waals surface area contributed by atoms with E-state index in [1.54, 1.807) is 0 Å². The lowest BCUT2D eigenvalue weighted by Gasteiger charge is -2.10. The number of rotatable bonds is 7. The summed E-state index contributed by atoms with van der Waals surface area (Å²) in [5.74, 6) is -2.49. The minimum Gasteiger partial charge on any atom is -0.478 e. The number of primary amides is 1. The van der Waals surface area contributed by atoms with Crippen molar-refractivity contribution >= 4 is 17.6 Å². The summed E-state index contributed by atoms with van der Waals surface area (Å²) in [5, 5.41) is 11.5. The molecule has 1 amide bonds. The third-order valence-electron chi connectivity index (χ3n) is 2.04. The van der Waals surface area contributed by atoms with E-state index in [-0.39, 0.29) is 31.0 Å². The molecule has 0 aliphatic rings. The van der Waals surface area contributed by atoms with Crippen LogP contribution in [0.4, 0.5) is 10.1 Å². The first-order valence-corrected chi connectivity index (χ1v) is 5.14. The topological polar surface area (TPSA) is 102 Å². The molecule has 0 saturated carbocycles. The van der Waals surface area contributed by atoms with Crippen molar-refractivity contribution in [2.24, 2.45) is 5.73 Å². The average Bonchev–Trinajstić information content (AvgIpc) is 2.29. The van der Waals surface area contributed by atoms with Crippen molar-refractivity contribution in [3.05, 3.63) is 29.6 Å². The Balaban J connectivity index is 2.56. The van der Waals surface area contributed by atoms with Crippen LogP contribution in [0.1, 0.15) is 10.4 Å². The fourth-order valence-corrected chi connectivity index (χ4v) is 1.30. The van der Waals surface area contributed by atoms with Gasteiger partial charge >= 0.3 is 5.97 Å². The molecule has 0 bridgehead atoms. The van der Waals surface area contributed by atoms with Gasteiger partial charge in [0, 0.05) is 6.54 Å². The van der Waals surface area contributed by atoms with Gasteiger partial charge in [0.15, 0.2) is 0 Å². The first-order valence-electron chi connectivity index (χ1n) is 5.14. The van der Waals surface area contributed by atoms with Crippen LogP contribution in [0.3, 0.4) is 0 Å². The molecule has 0 radical (unpaired) electrons. The zero-order valence-electron chi connectivity index (χ0n) is 9.48. The summed E-state index contributed by atoms with van der Waals surface area (Å²) in [6, 6.07) is 3.75. The van der Waals surface area contributed by atoms with Crippen LogP contribution in [-0.4, -0.2) is 36.7 Å². The van der Waals surface area contributed by atoms with E-state index in [9.17, 15) is 14.0 Å². The molecule has 1 aromatic rings. The lowest BCUT2D eigenvalue weighted by Crippen LogP contribution is -2.21. The molecule has 0 spiro atoms. The van der Waals surface area contributed by atoms with Gasteiger partial charge in [-0.2, -0.15) is 0 Å².